The number of amides is 1. The zero-order valence-electron chi connectivity index (χ0n) is 11.7. The van der Waals surface area contributed by atoms with Crippen molar-refractivity contribution in [2.75, 3.05) is 40.3 Å². The number of piperidine rings is 1. The Morgan fingerprint density at radius 3 is 2.71 bits per heavy atom. The molecule has 1 saturated heterocycles. The maximum Gasteiger partial charge on any atom is 0.224 e. The van der Waals surface area contributed by atoms with E-state index in [1.165, 1.54) is 0 Å². The van der Waals surface area contributed by atoms with Gasteiger partial charge in [-0.2, -0.15) is 0 Å². The lowest BCUT2D eigenvalue weighted by Crippen LogP contribution is -2.45. The predicted molar refractivity (Wildman–Crippen MR) is 70.9 cm³/mol. The molecule has 1 rings (SSSR count). The number of hydrogen-bond donors (Lipinski definition) is 2. The molecule has 2 N–H and O–H groups in total. The molecule has 0 saturated carbocycles. The topological polar surface area (TPSA) is 44.4 Å². The van der Waals surface area contributed by atoms with E-state index in [0.29, 0.717) is 0 Å². The van der Waals surface area contributed by atoms with Gasteiger partial charge in [0.25, 0.3) is 0 Å². The van der Waals surface area contributed by atoms with Crippen molar-refractivity contribution in [3.05, 3.63) is 0 Å². The van der Waals surface area contributed by atoms with Crippen LogP contribution in [0.4, 0.5) is 0 Å². The van der Waals surface area contributed by atoms with Gasteiger partial charge in [-0.05, 0) is 38.9 Å². The average Bonchev–Trinajstić information content (AvgIpc) is 2.25. The first kappa shape index (κ1) is 14.5. The van der Waals surface area contributed by atoms with Gasteiger partial charge in [-0.1, -0.05) is 13.8 Å². The summed E-state index contributed by atoms with van der Waals surface area (Å²) >= 11 is 0. The van der Waals surface area contributed by atoms with Crippen molar-refractivity contribution >= 4 is 5.91 Å². The summed E-state index contributed by atoms with van der Waals surface area (Å²) in [6, 6.07) is 0. The van der Waals surface area contributed by atoms with Gasteiger partial charge < -0.3 is 15.5 Å². The minimum Gasteiger partial charge on any atom is -0.355 e. The fourth-order valence-electron chi connectivity index (χ4n) is 2.46. The first-order valence-electron chi connectivity index (χ1n) is 6.54. The first-order valence-corrected chi connectivity index (χ1v) is 6.54. The Kier molecular flexibility index (Phi) is 5.40. The highest BCUT2D eigenvalue weighted by Gasteiger charge is 2.24. The number of nitrogens with zero attached hydrogens (tertiary/aromatic N) is 1. The van der Waals surface area contributed by atoms with Crippen LogP contribution in [-0.4, -0.2) is 51.1 Å². The quantitative estimate of drug-likeness (QED) is 0.744. The zero-order chi connectivity index (χ0) is 12.9. The molecule has 0 spiro atoms. The van der Waals surface area contributed by atoms with E-state index in [1.54, 1.807) is 0 Å². The van der Waals surface area contributed by atoms with Gasteiger partial charge in [0.2, 0.25) is 5.91 Å². The molecule has 1 atom stereocenters. The van der Waals surface area contributed by atoms with Crippen molar-refractivity contribution in [2.24, 2.45) is 11.3 Å². The van der Waals surface area contributed by atoms with E-state index in [2.05, 4.69) is 43.5 Å². The van der Waals surface area contributed by atoms with Gasteiger partial charge in [0.1, 0.15) is 0 Å². The lowest BCUT2D eigenvalue weighted by Gasteiger charge is -2.30. The smallest absolute Gasteiger partial charge is 0.224 e. The fraction of sp³-hybridized carbons (Fsp3) is 0.923. The van der Waals surface area contributed by atoms with E-state index < -0.39 is 0 Å². The Hall–Kier alpha value is -0.610. The molecule has 100 valence electrons. The Morgan fingerprint density at radius 1 is 1.47 bits per heavy atom. The van der Waals surface area contributed by atoms with Crippen molar-refractivity contribution in [1.29, 1.82) is 0 Å². The third kappa shape index (κ3) is 5.50. The summed E-state index contributed by atoms with van der Waals surface area (Å²) in [6.45, 7) is 7.99. The number of hydrogen-bond acceptors (Lipinski definition) is 3. The highest BCUT2D eigenvalue weighted by atomic mass is 16.1. The van der Waals surface area contributed by atoms with Crippen molar-refractivity contribution < 1.29 is 4.79 Å². The fourth-order valence-corrected chi connectivity index (χ4v) is 2.46. The van der Waals surface area contributed by atoms with Crippen molar-refractivity contribution in [2.45, 2.75) is 26.7 Å². The van der Waals surface area contributed by atoms with Gasteiger partial charge >= 0.3 is 0 Å². The molecule has 0 aliphatic carbocycles. The molecule has 0 aromatic carbocycles. The van der Waals surface area contributed by atoms with Crippen LogP contribution in [0.25, 0.3) is 0 Å². The van der Waals surface area contributed by atoms with E-state index in [1.807, 2.05) is 0 Å². The van der Waals surface area contributed by atoms with Crippen molar-refractivity contribution in [3.63, 3.8) is 0 Å². The van der Waals surface area contributed by atoms with Gasteiger partial charge in [0, 0.05) is 19.6 Å². The number of rotatable bonds is 5. The van der Waals surface area contributed by atoms with E-state index in [4.69, 9.17) is 0 Å². The Balaban J connectivity index is 2.31. The molecule has 4 nitrogen and oxygen atoms in total. The number of nitrogens with one attached hydrogen (secondary N) is 2. The normalized spacial score (nSPS) is 21.6. The van der Waals surface area contributed by atoms with E-state index in [0.717, 1.165) is 39.0 Å². The van der Waals surface area contributed by atoms with Crippen LogP contribution >= 0.6 is 0 Å². The molecule has 17 heavy (non-hydrogen) atoms. The average molecular weight is 241 g/mol. The molecule has 4 heteroatoms. The first-order chi connectivity index (χ1) is 7.91. The van der Waals surface area contributed by atoms with Gasteiger partial charge in [-0.15, -0.1) is 0 Å². The molecule has 0 aromatic heterocycles. The van der Waals surface area contributed by atoms with Crippen LogP contribution in [0.5, 0.6) is 0 Å². The Labute approximate surface area is 105 Å². The number of carbonyl (C=O) groups is 1. The Bertz CT molecular complexity index is 245. The van der Waals surface area contributed by atoms with Crippen LogP contribution in [0, 0.1) is 11.3 Å². The van der Waals surface area contributed by atoms with Crippen LogP contribution in [0.1, 0.15) is 26.7 Å². The van der Waals surface area contributed by atoms with Gasteiger partial charge in [-0.25, -0.2) is 0 Å². The molecule has 1 aliphatic rings. The molecular weight excluding hydrogens is 214 g/mol. The van der Waals surface area contributed by atoms with Crippen molar-refractivity contribution in [1.82, 2.24) is 15.5 Å². The van der Waals surface area contributed by atoms with Crippen LogP contribution < -0.4 is 10.6 Å². The monoisotopic (exact) mass is 241 g/mol. The summed E-state index contributed by atoms with van der Waals surface area (Å²) in [5.41, 5.74) is 0.126. The SMILES string of the molecule is CN(C)CC(C)(C)CNC(=O)[C@H]1CCCNC1. The molecule has 0 unspecified atom stereocenters. The minimum absolute atomic E-state index is 0.126. The van der Waals surface area contributed by atoms with Crippen LogP contribution in [0.3, 0.4) is 0 Å². The maximum atomic E-state index is 12.0. The Morgan fingerprint density at radius 2 is 2.18 bits per heavy atom. The van der Waals surface area contributed by atoms with Gasteiger partial charge in [-0.3, -0.25) is 4.79 Å². The van der Waals surface area contributed by atoms with E-state index in [-0.39, 0.29) is 17.2 Å². The predicted octanol–water partition coefficient (Wildman–Crippen LogP) is 0.690. The van der Waals surface area contributed by atoms with Gasteiger partial charge in [0.15, 0.2) is 0 Å². The molecule has 1 aliphatic heterocycles. The minimum atomic E-state index is 0.126. The third-order valence-corrected chi connectivity index (χ3v) is 3.15. The molecule has 1 fully saturated rings. The summed E-state index contributed by atoms with van der Waals surface area (Å²) in [5.74, 6) is 0.378. The summed E-state index contributed by atoms with van der Waals surface area (Å²) in [7, 11) is 4.13. The van der Waals surface area contributed by atoms with Crippen LogP contribution in [-0.2, 0) is 4.79 Å². The second-order valence-corrected chi connectivity index (χ2v) is 6.16. The largest absolute Gasteiger partial charge is 0.355 e. The van der Waals surface area contributed by atoms with E-state index in [9.17, 15) is 4.79 Å². The molecule has 1 heterocycles. The molecule has 1 amide bonds. The second kappa shape index (κ2) is 6.36. The third-order valence-electron chi connectivity index (χ3n) is 3.15. The number of carbonyl (C=O) groups excluding carboxylic acids is 1. The molecule has 0 bridgehead atoms. The lowest BCUT2D eigenvalue weighted by atomic mass is 9.92. The maximum absolute atomic E-state index is 12.0. The lowest BCUT2D eigenvalue weighted by molar-refractivity contribution is -0.126. The molecule has 0 aromatic rings. The second-order valence-electron chi connectivity index (χ2n) is 6.16. The van der Waals surface area contributed by atoms with Crippen LogP contribution in [0.2, 0.25) is 0 Å². The summed E-state index contributed by atoms with van der Waals surface area (Å²) in [4.78, 5) is 14.1. The highest BCUT2D eigenvalue weighted by molar-refractivity contribution is 5.79. The zero-order valence-corrected chi connectivity index (χ0v) is 11.7. The van der Waals surface area contributed by atoms with Crippen LogP contribution in [0.15, 0.2) is 0 Å². The highest BCUT2D eigenvalue weighted by Crippen LogP contribution is 2.15. The van der Waals surface area contributed by atoms with Gasteiger partial charge in [0.05, 0.1) is 5.92 Å². The summed E-state index contributed by atoms with van der Waals surface area (Å²) < 4.78 is 0. The standard InChI is InChI=1S/C13H27N3O/c1-13(2,10-16(3)4)9-15-12(17)11-6-5-7-14-8-11/h11,14H,5-10H2,1-4H3,(H,15,17)/t11-/m0/s1. The summed E-state index contributed by atoms with van der Waals surface area (Å²) in [5, 5.41) is 6.37. The molecular formula is C13H27N3O. The van der Waals surface area contributed by atoms with E-state index >= 15 is 0 Å². The van der Waals surface area contributed by atoms with Crippen molar-refractivity contribution in [3.8, 4) is 0 Å². The summed E-state index contributed by atoms with van der Waals surface area (Å²) in [6.07, 6.45) is 2.13. The molecule has 0 radical (unpaired) electrons.